The van der Waals surface area contributed by atoms with Crippen LogP contribution in [0.2, 0.25) is 5.02 Å². The molecule has 150 valence electrons. The van der Waals surface area contributed by atoms with Gasteiger partial charge in [-0.2, -0.15) is 0 Å². The Morgan fingerprint density at radius 3 is 2.76 bits per heavy atom. The van der Waals surface area contributed by atoms with Gasteiger partial charge < -0.3 is 14.5 Å². The SMILES string of the molecule is CCOC(=O)[C@H]1C(=O)C2=C(C[C@@H]1c1ccco1)NC(=O)C[C@H]2c1cccc(Cl)c1. The Bertz CT molecular complexity index is 994. The van der Waals surface area contributed by atoms with Gasteiger partial charge in [0.15, 0.2) is 5.78 Å². The monoisotopic (exact) mass is 413 g/mol. The number of esters is 1. The molecule has 1 aromatic carbocycles. The highest BCUT2D eigenvalue weighted by Crippen LogP contribution is 2.46. The lowest BCUT2D eigenvalue weighted by molar-refractivity contribution is -0.152. The summed E-state index contributed by atoms with van der Waals surface area (Å²) in [5.41, 5.74) is 1.76. The van der Waals surface area contributed by atoms with Crippen molar-refractivity contribution in [2.45, 2.75) is 31.6 Å². The summed E-state index contributed by atoms with van der Waals surface area (Å²) in [6.45, 7) is 1.88. The van der Waals surface area contributed by atoms with E-state index < -0.39 is 23.7 Å². The molecular formula is C22H20ClNO5. The van der Waals surface area contributed by atoms with Gasteiger partial charge in [-0.15, -0.1) is 0 Å². The fraction of sp³-hybridized carbons (Fsp3) is 0.318. The molecule has 29 heavy (non-hydrogen) atoms. The summed E-state index contributed by atoms with van der Waals surface area (Å²) in [4.78, 5) is 38.7. The molecule has 7 heteroatoms. The predicted molar refractivity (Wildman–Crippen MR) is 105 cm³/mol. The van der Waals surface area contributed by atoms with E-state index >= 15 is 0 Å². The van der Waals surface area contributed by atoms with Crippen LogP contribution in [-0.4, -0.2) is 24.3 Å². The van der Waals surface area contributed by atoms with Gasteiger partial charge in [0.2, 0.25) is 5.91 Å². The van der Waals surface area contributed by atoms with Crippen LogP contribution < -0.4 is 5.32 Å². The van der Waals surface area contributed by atoms with Crippen molar-refractivity contribution in [1.29, 1.82) is 0 Å². The lowest BCUT2D eigenvalue weighted by Gasteiger charge is -2.37. The molecule has 0 radical (unpaired) electrons. The van der Waals surface area contributed by atoms with Crippen molar-refractivity contribution in [3.05, 3.63) is 70.3 Å². The maximum Gasteiger partial charge on any atom is 0.317 e. The van der Waals surface area contributed by atoms with Gasteiger partial charge in [0, 0.05) is 34.5 Å². The molecule has 3 atom stereocenters. The summed E-state index contributed by atoms with van der Waals surface area (Å²) < 4.78 is 10.7. The van der Waals surface area contributed by atoms with E-state index in [4.69, 9.17) is 20.8 Å². The van der Waals surface area contributed by atoms with Crippen molar-refractivity contribution in [3.63, 3.8) is 0 Å². The summed E-state index contributed by atoms with van der Waals surface area (Å²) in [7, 11) is 0. The van der Waals surface area contributed by atoms with Gasteiger partial charge in [-0.1, -0.05) is 23.7 Å². The maximum absolute atomic E-state index is 13.6. The molecule has 0 saturated heterocycles. The van der Waals surface area contributed by atoms with Crippen LogP contribution in [0.4, 0.5) is 0 Å². The van der Waals surface area contributed by atoms with Gasteiger partial charge in [0.1, 0.15) is 11.7 Å². The molecule has 2 aliphatic rings. The van der Waals surface area contributed by atoms with Gasteiger partial charge >= 0.3 is 5.97 Å². The molecule has 1 aromatic heterocycles. The number of amides is 1. The normalized spacial score (nSPS) is 24.1. The largest absolute Gasteiger partial charge is 0.469 e. The van der Waals surface area contributed by atoms with Crippen molar-refractivity contribution in [2.75, 3.05) is 6.61 Å². The number of allylic oxidation sites excluding steroid dienone is 2. The molecular weight excluding hydrogens is 394 g/mol. The molecule has 0 unspecified atom stereocenters. The van der Waals surface area contributed by atoms with E-state index in [1.54, 1.807) is 37.3 Å². The topological polar surface area (TPSA) is 85.6 Å². The van der Waals surface area contributed by atoms with Crippen LogP contribution >= 0.6 is 11.6 Å². The second-order valence-corrected chi connectivity index (χ2v) is 7.61. The zero-order chi connectivity index (χ0) is 20.5. The van der Waals surface area contributed by atoms with E-state index in [2.05, 4.69) is 5.32 Å². The van der Waals surface area contributed by atoms with E-state index in [0.29, 0.717) is 28.5 Å². The van der Waals surface area contributed by atoms with Crippen molar-refractivity contribution >= 4 is 29.3 Å². The number of furan rings is 1. The molecule has 0 spiro atoms. The van der Waals surface area contributed by atoms with Crippen LogP contribution in [0, 0.1) is 5.92 Å². The average molecular weight is 414 g/mol. The summed E-state index contributed by atoms with van der Waals surface area (Å²) >= 11 is 6.14. The first-order valence-corrected chi connectivity index (χ1v) is 9.90. The van der Waals surface area contributed by atoms with Gasteiger partial charge in [-0.25, -0.2) is 0 Å². The highest BCUT2D eigenvalue weighted by atomic mass is 35.5. The molecule has 1 amide bonds. The number of Topliss-reactive ketones (excluding diaryl/α,β-unsaturated/α-hetero) is 1. The Hall–Kier alpha value is -2.86. The predicted octanol–water partition coefficient (Wildman–Crippen LogP) is 3.73. The van der Waals surface area contributed by atoms with E-state index in [1.807, 2.05) is 6.07 Å². The molecule has 4 rings (SSSR count). The number of benzene rings is 1. The van der Waals surface area contributed by atoms with E-state index in [-0.39, 0.29) is 24.7 Å². The molecule has 0 bridgehead atoms. The van der Waals surface area contributed by atoms with Crippen LogP contribution in [0.15, 0.2) is 58.3 Å². The number of hydrogen-bond donors (Lipinski definition) is 1. The number of hydrogen-bond acceptors (Lipinski definition) is 5. The van der Waals surface area contributed by atoms with Crippen LogP contribution in [0.3, 0.4) is 0 Å². The number of carbonyl (C=O) groups excluding carboxylic acids is 3. The van der Waals surface area contributed by atoms with Gasteiger partial charge in [-0.3, -0.25) is 14.4 Å². The summed E-state index contributed by atoms with van der Waals surface area (Å²) in [6.07, 6.45) is 1.92. The lowest BCUT2D eigenvalue weighted by Crippen LogP contribution is -2.44. The fourth-order valence-electron chi connectivity index (χ4n) is 4.23. The third-order valence-corrected chi connectivity index (χ3v) is 5.66. The number of halogens is 1. The Kier molecular flexibility index (Phi) is 5.28. The van der Waals surface area contributed by atoms with E-state index in [1.165, 1.54) is 6.26 Å². The van der Waals surface area contributed by atoms with Crippen LogP contribution in [0.25, 0.3) is 0 Å². The Balaban J connectivity index is 1.82. The highest BCUT2D eigenvalue weighted by Gasteiger charge is 2.48. The summed E-state index contributed by atoms with van der Waals surface area (Å²) in [6, 6.07) is 10.5. The summed E-state index contributed by atoms with van der Waals surface area (Å²) in [5, 5.41) is 3.36. The first-order valence-electron chi connectivity index (χ1n) is 9.52. The number of rotatable bonds is 4. The average Bonchev–Trinajstić information content (AvgIpc) is 3.21. The van der Waals surface area contributed by atoms with Crippen LogP contribution in [-0.2, 0) is 19.1 Å². The minimum absolute atomic E-state index is 0.117. The molecule has 1 aliphatic carbocycles. The Morgan fingerprint density at radius 2 is 2.07 bits per heavy atom. The second kappa shape index (κ2) is 7.87. The van der Waals surface area contributed by atoms with Crippen LogP contribution in [0.5, 0.6) is 0 Å². The Morgan fingerprint density at radius 1 is 1.24 bits per heavy atom. The fourth-order valence-corrected chi connectivity index (χ4v) is 4.43. The summed E-state index contributed by atoms with van der Waals surface area (Å²) in [5.74, 6) is -2.58. The lowest BCUT2D eigenvalue weighted by atomic mass is 9.69. The maximum atomic E-state index is 13.6. The van der Waals surface area contributed by atoms with Crippen molar-refractivity contribution in [3.8, 4) is 0 Å². The highest BCUT2D eigenvalue weighted by molar-refractivity contribution is 6.30. The quantitative estimate of drug-likeness (QED) is 0.609. The second-order valence-electron chi connectivity index (χ2n) is 7.17. The number of ketones is 1. The smallest absolute Gasteiger partial charge is 0.317 e. The first-order chi connectivity index (χ1) is 14.0. The Labute approximate surface area is 172 Å². The number of nitrogens with one attached hydrogen (secondary N) is 1. The minimum Gasteiger partial charge on any atom is -0.469 e. The number of carbonyl (C=O) groups is 3. The third-order valence-electron chi connectivity index (χ3n) is 5.43. The molecule has 1 N–H and O–H groups in total. The van der Waals surface area contributed by atoms with E-state index in [0.717, 1.165) is 5.56 Å². The van der Waals surface area contributed by atoms with Gasteiger partial charge in [0.05, 0.1) is 12.9 Å². The van der Waals surface area contributed by atoms with Gasteiger partial charge in [0.25, 0.3) is 0 Å². The zero-order valence-electron chi connectivity index (χ0n) is 15.8. The zero-order valence-corrected chi connectivity index (χ0v) is 16.6. The minimum atomic E-state index is -1.02. The van der Waals surface area contributed by atoms with Crippen LogP contribution in [0.1, 0.15) is 42.9 Å². The molecule has 0 fully saturated rings. The number of ether oxygens (including phenoxy) is 1. The molecule has 2 heterocycles. The molecule has 2 aromatic rings. The van der Waals surface area contributed by atoms with Crippen molar-refractivity contribution < 1.29 is 23.5 Å². The third kappa shape index (κ3) is 3.60. The van der Waals surface area contributed by atoms with Gasteiger partial charge in [-0.05, 0) is 43.2 Å². The standard InChI is InChI=1S/C22H20ClNO5/c1-2-28-22(27)20-15(17-7-4-8-29-17)10-16-19(21(20)26)14(11-18(25)24-16)12-5-3-6-13(23)9-12/h3-9,14-15,20H,2,10-11H2,1H3,(H,24,25)/t14-,15+,20+/m0/s1. The van der Waals surface area contributed by atoms with Crippen molar-refractivity contribution in [2.24, 2.45) is 5.92 Å². The molecule has 6 nitrogen and oxygen atoms in total. The first kappa shape index (κ1) is 19.5. The molecule has 1 aliphatic heterocycles. The molecule has 0 saturated carbocycles. The van der Waals surface area contributed by atoms with E-state index in [9.17, 15) is 14.4 Å². The van der Waals surface area contributed by atoms with Crippen molar-refractivity contribution in [1.82, 2.24) is 5.32 Å².